The second-order valence-corrected chi connectivity index (χ2v) is 5.63. The summed E-state index contributed by atoms with van der Waals surface area (Å²) in [6.45, 7) is 7.19. The molecule has 1 saturated carbocycles. The van der Waals surface area contributed by atoms with Gasteiger partial charge in [-0.15, -0.1) is 0 Å². The summed E-state index contributed by atoms with van der Waals surface area (Å²) in [5.74, 6) is 2.85. The van der Waals surface area contributed by atoms with Crippen LogP contribution in [0.2, 0.25) is 0 Å². The van der Waals surface area contributed by atoms with Crippen molar-refractivity contribution < 1.29 is 4.42 Å². The van der Waals surface area contributed by atoms with Gasteiger partial charge in [-0.3, -0.25) is 4.90 Å². The molecule has 0 bridgehead atoms. The average molecular weight is 264 g/mol. The van der Waals surface area contributed by atoms with Gasteiger partial charge in [-0.2, -0.15) is 0 Å². The molecule has 2 atom stereocenters. The second-order valence-electron chi connectivity index (χ2n) is 5.63. The smallest absolute Gasteiger partial charge is 0.118 e. The third kappa shape index (κ3) is 3.61. The molecule has 0 aromatic carbocycles. The minimum atomic E-state index is 0.638. The van der Waals surface area contributed by atoms with E-state index in [4.69, 9.17) is 10.2 Å². The zero-order chi connectivity index (χ0) is 13.7. The Bertz CT molecular complexity index is 375. The highest BCUT2D eigenvalue weighted by Gasteiger charge is 2.28. The van der Waals surface area contributed by atoms with Crippen molar-refractivity contribution in [1.82, 2.24) is 4.90 Å². The lowest BCUT2D eigenvalue weighted by atomic mass is 9.83. The van der Waals surface area contributed by atoms with Crippen LogP contribution in [0.4, 0.5) is 0 Å². The molecule has 19 heavy (non-hydrogen) atoms. The Balaban J connectivity index is 2.01. The van der Waals surface area contributed by atoms with E-state index >= 15 is 0 Å². The predicted octanol–water partition coefficient (Wildman–Crippen LogP) is 3.18. The van der Waals surface area contributed by atoms with Gasteiger partial charge in [0, 0.05) is 12.5 Å². The topological polar surface area (TPSA) is 42.4 Å². The maximum absolute atomic E-state index is 5.96. The summed E-state index contributed by atoms with van der Waals surface area (Å²) < 4.78 is 5.85. The van der Waals surface area contributed by atoms with Crippen LogP contribution in [0, 0.1) is 5.92 Å². The Morgan fingerprint density at radius 2 is 1.95 bits per heavy atom. The molecule has 0 amide bonds. The van der Waals surface area contributed by atoms with Gasteiger partial charge in [0.15, 0.2) is 0 Å². The van der Waals surface area contributed by atoms with Gasteiger partial charge in [-0.25, -0.2) is 0 Å². The molecule has 0 saturated heterocycles. The summed E-state index contributed by atoms with van der Waals surface area (Å²) in [7, 11) is 0. The second kappa shape index (κ2) is 7.11. The van der Waals surface area contributed by atoms with Crippen LogP contribution in [-0.4, -0.2) is 24.0 Å². The summed E-state index contributed by atoms with van der Waals surface area (Å²) in [6, 6.07) is 4.87. The first-order valence-corrected chi connectivity index (χ1v) is 7.80. The van der Waals surface area contributed by atoms with E-state index in [0.29, 0.717) is 12.0 Å². The zero-order valence-electron chi connectivity index (χ0n) is 12.4. The van der Waals surface area contributed by atoms with Crippen LogP contribution in [0.25, 0.3) is 0 Å². The van der Waals surface area contributed by atoms with Crippen molar-refractivity contribution in [2.24, 2.45) is 11.7 Å². The fourth-order valence-corrected chi connectivity index (χ4v) is 3.30. The van der Waals surface area contributed by atoms with Crippen LogP contribution in [0.1, 0.15) is 51.1 Å². The summed E-state index contributed by atoms with van der Waals surface area (Å²) >= 11 is 0. The van der Waals surface area contributed by atoms with Gasteiger partial charge in [-0.05, 0) is 44.0 Å². The average Bonchev–Trinajstić information content (AvgIpc) is 2.92. The highest BCUT2D eigenvalue weighted by atomic mass is 16.3. The monoisotopic (exact) mass is 264 g/mol. The van der Waals surface area contributed by atoms with Crippen molar-refractivity contribution in [1.29, 1.82) is 0 Å². The van der Waals surface area contributed by atoms with Crippen molar-refractivity contribution in [3.63, 3.8) is 0 Å². The van der Waals surface area contributed by atoms with E-state index in [1.54, 1.807) is 0 Å². The molecule has 2 unspecified atom stereocenters. The minimum Gasteiger partial charge on any atom is -0.465 e. The lowest BCUT2D eigenvalue weighted by Crippen LogP contribution is -2.44. The molecule has 108 valence electrons. The van der Waals surface area contributed by atoms with Gasteiger partial charge in [-0.1, -0.05) is 26.7 Å². The number of aryl methyl sites for hydroxylation is 1. The molecular weight excluding hydrogens is 236 g/mol. The molecule has 2 rings (SSSR count). The number of nitrogens with two attached hydrogens (primary N) is 1. The molecule has 0 spiro atoms. The molecule has 1 aliphatic rings. The Hall–Kier alpha value is -0.800. The zero-order valence-corrected chi connectivity index (χ0v) is 12.4. The molecule has 1 aromatic rings. The number of nitrogens with zero attached hydrogens (tertiary/aromatic N) is 1. The summed E-state index contributed by atoms with van der Waals surface area (Å²) in [5, 5.41) is 0. The Morgan fingerprint density at radius 3 is 2.58 bits per heavy atom. The number of hydrogen-bond donors (Lipinski definition) is 1. The first kappa shape index (κ1) is 14.6. The molecule has 1 aliphatic carbocycles. The standard InChI is InChI=1S/C16H28N2O/c1-3-14-9-10-15(19-14)12-18(4-2)16-8-6-5-7-13(16)11-17/h9-10,13,16H,3-8,11-12,17H2,1-2H3. The van der Waals surface area contributed by atoms with Crippen LogP contribution >= 0.6 is 0 Å². The lowest BCUT2D eigenvalue weighted by molar-refractivity contribution is 0.0980. The van der Waals surface area contributed by atoms with E-state index in [-0.39, 0.29) is 0 Å². The Kier molecular flexibility index (Phi) is 5.46. The van der Waals surface area contributed by atoms with Crippen LogP contribution in [0.15, 0.2) is 16.5 Å². The maximum Gasteiger partial charge on any atom is 0.118 e. The van der Waals surface area contributed by atoms with E-state index in [0.717, 1.165) is 37.6 Å². The predicted molar refractivity (Wildman–Crippen MR) is 79.0 cm³/mol. The van der Waals surface area contributed by atoms with E-state index in [9.17, 15) is 0 Å². The molecule has 3 nitrogen and oxygen atoms in total. The first-order chi connectivity index (χ1) is 9.28. The van der Waals surface area contributed by atoms with Gasteiger partial charge in [0.1, 0.15) is 11.5 Å². The van der Waals surface area contributed by atoms with Crippen molar-refractivity contribution >= 4 is 0 Å². The number of hydrogen-bond acceptors (Lipinski definition) is 3. The van der Waals surface area contributed by atoms with E-state index < -0.39 is 0 Å². The van der Waals surface area contributed by atoms with Crippen LogP contribution in [-0.2, 0) is 13.0 Å². The van der Waals surface area contributed by atoms with E-state index in [1.807, 2.05) is 0 Å². The fourth-order valence-electron chi connectivity index (χ4n) is 3.30. The number of rotatable bonds is 6. The molecule has 1 fully saturated rings. The molecule has 0 aliphatic heterocycles. The van der Waals surface area contributed by atoms with E-state index in [2.05, 4.69) is 30.9 Å². The van der Waals surface area contributed by atoms with Crippen LogP contribution in [0.3, 0.4) is 0 Å². The van der Waals surface area contributed by atoms with Gasteiger partial charge in [0.2, 0.25) is 0 Å². The van der Waals surface area contributed by atoms with Crippen molar-refractivity contribution in [2.45, 2.75) is 58.5 Å². The highest BCUT2D eigenvalue weighted by Crippen LogP contribution is 2.29. The Morgan fingerprint density at radius 1 is 1.21 bits per heavy atom. The first-order valence-electron chi connectivity index (χ1n) is 7.80. The summed E-state index contributed by atoms with van der Waals surface area (Å²) in [6.07, 6.45) is 6.24. The number of furan rings is 1. The van der Waals surface area contributed by atoms with Crippen molar-refractivity contribution in [3.05, 3.63) is 23.7 Å². The SMILES string of the molecule is CCc1ccc(CN(CC)C2CCCCC2CN)o1. The van der Waals surface area contributed by atoms with Crippen LogP contribution < -0.4 is 5.73 Å². The largest absolute Gasteiger partial charge is 0.465 e. The van der Waals surface area contributed by atoms with E-state index in [1.165, 1.54) is 25.7 Å². The van der Waals surface area contributed by atoms with Gasteiger partial charge in [0.05, 0.1) is 6.54 Å². The lowest BCUT2D eigenvalue weighted by Gasteiger charge is -2.38. The molecular formula is C16H28N2O. The Labute approximate surface area is 117 Å². The van der Waals surface area contributed by atoms with Gasteiger partial charge < -0.3 is 10.2 Å². The van der Waals surface area contributed by atoms with Gasteiger partial charge >= 0.3 is 0 Å². The highest BCUT2D eigenvalue weighted by molar-refractivity contribution is 5.07. The molecule has 1 heterocycles. The fraction of sp³-hybridized carbons (Fsp3) is 0.750. The normalized spacial score (nSPS) is 24.0. The summed E-state index contributed by atoms with van der Waals surface area (Å²) in [5.41, 5.74) is 5.96. The molecule has 3 heteroatoms. The van der Waals surface area contributed by atoms with Crippen molar-refractivity contribution in [3.8, 4) is 0 Å². The summed E-state index contributed by atoms with van der Waals surface area (Å²) in [4.78, 5) is 2.55. The maximum atomic E-state index is 5.96. The third-order valence-electron chi connectivity index (χ3n) is 4.47. The van der Waals surface area contributed by atoms with Crippen molar-refractivity contribution in [2.75, 3.05) is 13.1 Å². The minimum absolute atomic E-state index is 0.638. The molecule has 2 N–H and O–H groups in total. The van der Waals surface area contributed by atoms with Crippen LogP contribution in [0.5, 0.6) is 0 Å². The van der Waals surface area contributed by atoms with Gasteiger partial charge in [0.25, 0.3) is 0 Å². The third-order valence-corrected chi connectivity index (χ3v) is 4.47. The quantitative estimate of drug-likeness (QED) is 0.858. The molecule has 0 radical (unpaired) electrons. The molecule has 1 aromatic heterocycles.